The second kappa shape index (κ2) is 7.67. The molecule has 0 heterocycles. The normalized spacial score (nSPS) is 11.0. The first kappa shape index (κ1) is 19.0. The number of Topliss-reactive ketones (excluding diaryl/α,β-unsaturated/α-hetero) is 1. The van der Waals surface area contributed by atoms with Crippen molar-refractivity contribution in [1.29, 1.82) is 0 Å². The molecule has 2 aromatic carbocycles. The minimum atomic E-state index is -3.50. The van der Waals surface area contributed by atoms with E-state index in [1.807, 2.05) is 0 Å². The average Bonchev–Trinajstić information content (AvgIpc) is 2.58. The summed E-state index contributed by atoms with van der Waals surface area (Å²) in [6, 6.07) is 10.0. The van der Waals surface area contributed by atoms with Gasteiger partial charge < -0.3 is 9.47 Å². The summed E-state index contributed by atoms with van der Waals surface area (Å²) >= 11 is 5.91. The molecule has 0 aromatic heterocycles. The maximum atomic E-state index is 12.1. The van der Waals surface area contributed by atoms with Crippen molar-refractivity contribution in [3.63, 3.8) is 0 Å². The van der Waals surface area contributed by atoms with Crippen LogP contribution in [-0.2, 0) is 14.6 Å². The van der Waals surface area contributed by atoms with Crippen molar-refractivity contribution in [2.24, 2.45) is 0 Å². The second-order valence-electron chi connectivity index (χ2n) is 5.14. The standard InChI is InChI=1S/C17H15ClO6S/c1-23-12-5-3-11(4-6-12)16(19)10-24-17(20)14-9-13(25(2,21)22)7-8-15(14)18/h3-9H,10H2,1-2H3. The molecule has 0 aliphatic rings. The zero-order valence-electron chi connectivity index (χ0n) is 13.5. The van der Waals surface area contributed by atoms with Gasteiger partial charge in [0, 0.05) is 11.8 Å². The Hall–Kier alpha value is -2.38. The van der Waals surface area contributed by atoms with Crippen LogP contribution in [0.25, 0.3) is 0 Å². The van der Waals surface area contributed by atoms with E-state index in [9.17, 15) is 18.0 Å². The van der Waals surface area contributed by atoms with Gasteiger partial charge in [0.1, 0.15) is 5.75 Å². The molecule has 0 radical (unpaired) electrons. The fraction of sp³-hybridized carbons (Fsp3) is 0.176. The molecule has 0 atom stereocenters. The third-order valence-electron chi connectivity index (χ3n) is 3.33. The van der Waals surface area contributed by atoms with E-state index in [4.69, 9.17) is 21.1 Å². The minimum Gasteiger partial charge on any atom is -0.497 e. The molecule has 0 bridgehead atoms. The molecule has 0 saturated heterocycles. The quantitative estimate of drug-likeness (QED) is 0.564. The van der Waals surface area contributed by atoms with E-state index in [0.29, 0.717) is 11.3 Å². The minimum absolute atomic E-state index is 0.0364. The smallest absolute Gasteiger partial charge is 0.340 e. The molecule has 132 valence electrons. The topological polar surface area (TPSA) is 86.7 Å². The lowest BCUT2D eigenvalue weighted by molar-refractivity contribution is 0.0474. The van der Waals surface area contributed by atoms with Crippen LogP contribution >= 0.6 is 11.6 Å². The van der Waals surface area contributed by atoms with Gasteiger partial charge in [-0.25, -0.2) is 13.2 Å². The van der Waals surface area contributed by atoms with Crippen molar-refractivity contribution in [3.8, 4) is 5.75 Å². The summed E-state index contributed by atoms with van der Waals surface area (Å²) in [4.78, 5) is 24.1. The van der Waals surface area contributed by atoms with Crippen molar-refractivity contribution in [3.05, 3.63) is 58.6 Å². The van der Waals surface area contributed by atoms with Gasteiger partial charge in [-0.15, -0.1) is 0 Å². The lowest BCUT2D eigenvalue weighted by atomic mass is 10.1. The van der Waals surface area contributed by atoms with Crippen LogP contribution in [0.3, 0.4) is 0 Å². The van der Waals surface area contributed by atoms with Gasteiger partial charge in [-0.1, -0.05) is 11.6 Å². The molecule has 2 aromatic rings. The average molecular weight is 383 g/mol. The Morgan fingerprint density at radius 3 is 2.28 bits per heavy atom. The van der Waals surface area contributed by atoms with Crippen LogP contribution < -0.4 is 4.74 Å². The van der Waals surface area contributed by atoms with Gasteiger partial charge in [0.25, 0.3) is 0 Å². The number of hydrogen-bond acceptors (Lipinski definition) is 6. The lowest BCUT2D eigenvalue weighted by Crippen LogP contribution is -2.15. The molecule has 8 heteroatoms. The Bertz CT molecular complexity index is 903. The maximum absolute atomic E-state index is 12.1. The highest BCUT2D eigenvalue weighted by Gasteiger charge is 2.18. The number of hydrogen-bond donors (Lipinski definition) is 0. The molecule has 0 fully saturated rings. The molecule has 0 saturated carbocycles. The van der Waals surface area contributed by atoms with Crippen LogP contribution in [0, 0.1) is 0 Å². The summed E-state index contributed by atoms with van der Waals surface area (Å²) < 4.78 is 33.1. The lowest BCUT2D eigenvalue weighted by Gasteiger charge is -2.08. The highest BCUT2D eigenvalue weighted by Crippen LogP contribution is 2.21. The monoisotopic (exact) mass is 382 g/mol. The van der Waals surface area contributed by atoms with Crippen molar-refractivity contribution in [2.45, 2.75) is 4.90 Å². The summed E-state index contributed by atoms with van der Waals surface area (Å²) in [5.74, 6) is -0.693. The van der Waals surface area contributed by atoms with E-state index < -0.39 is 28.2 Å². The van der Waals surface area contributed by atoms with Crippen molar-refractivity contribution in [1.82, 2.24) is 0 Å². The molecular formula is C17H15ClO6S. The van der Waals surface area contributed by atoms with Crippen LogP contribution in [0.5, 0.6) is 5.75 Å². The summed E-state index contributed by atoms with van der Waals surface area (Å²) in [6.07, 6.45) is 1.01. The number of carbonyl (C=O) groups excluding carboxylic acids is 2. The Labute approximate surface area is 150 Å². The Morgan fingerprint density at radius 2 is 1.72 bits per heavy atom. The Kier molecular flexibility index (Phi) is 5.81. The van der Waals surface area contributed by atoms with Crippen LogP contribution in [0.15, 0.2) is 47.4 Å². The summed E-state index contributed by atoms with van der Waals surface area (Å²) in [6.45, 7) is -0.495. The number of halogens is 1. The van der Waals surface area contributed by atoms with Gasteiger partial charge in [0.05, 0.1) is 22.6 Å². The zero-order chi connectivity index (χ0) is 18.6. The third kappa shape index (κ3) is 4.80. The van der Waals surface area contributed by atoms with Crippen molar-refractivity contribution >= 4 is 33.2 Å². The highest BCUT2D eigenvalue weighted by atomic mass is 35.5. The van der Waals surface area contributed by atoms with Gasteiger partial charge in [-0.2, -0.15) is 0 Å². The first-order chi connectivity index (χ1) is 11.7. The number of benzene rings is 2. The van der Waals surface area contributed by atoms with E-state index in [1.54, 1.807) is 24.3 Å². The number of rotatable bonds is 6. The number of ketones is 1. The van der Waals surface area contributed by atoms with Crippen molar-refractivity contribution < 1.29 is 27.5 Å². The summed E-state index contributed by atoms with van der Waals surface area (Å²) in [7, 11) is -1.99. The predicted molar refractivity (Wildman–Crippen MR) is 92.2 cm³/mol. The molecule has 0 amide bonds. The number of sulfone groups is 1. The predicted octanol–water partition coefficient (Wildman–Crippen LogP) is 2.79. The van der Waals surface area contributed by atoms with E-state index in [2.05, 4.69) is 0 Å². The number of carbonyl (C=O) groups is 2. The molecule has 0 N–H and O–H groups in total. The van der Waals surface area contributed by atoms with Gasteiger partial charge in [-0.3, -0.25) is 4.79 Å². The highest BCUT2D eigenvalue weighted by molar-refractivity contribution is 7.90. The molecule has 0 aliphatic heterocycles. The summed E-state index contributed by atoms with van der Waals surface area (Å²) in [5.41, 5.74) is 0.233. The van der Waals surface area contributed by atoms with Gasteiger partial charge in [0.15, 0.2) is 22.2 Å². The maximum Gasteiger partial charge on any atom is 0.340 e. The van der Waals surface area contributed by atoms with Crippen molar-refractivity contribution in [2.75, 3.05) is 20.0 Å². The SMILES string of the molecule is COc1ccc(C(=O)COC(=O)c2cc(S(C)(=O)=O)ccc2Cl)cc1. The zero-order valence-corrected chi connectivity index (χ0v) is 15.1. The molecule has 2 rings (SSSR count). The number of esters is 1. The molecule has 0 unspecified atom stereocenters. The Morgan fingerprint density at radius 1 is 1.08 bits per heavy atom. The first-order valence-corrected chi connectivity index (χ1v) is 9.33. The van der Waals surface area contributed by atoms with Gasteiger partial charge in [-0.05, 0) is 42.5 Å². The number of ether oxygens (including phenoxy) is 2. The van der Waals surface area contributed by atoms with Crippen LogP contribution in [-0.4, -0.2) is 40.1 Å². The molecule has 0 aliphatic carbocycles. The van der Waals surface area contributed by atoms with Crippen LogP contribution in [0.4, 0.5) is 0 Å². The van der Waals surface area contributed by atoms with Crippen LogP contribution in [0.1, 0.15) is 20.7 Å². The van der Waals surface area contributed by atoms with Gasteiger partial charge in [0.2, 0.25) is 0 Å². The van der Waals surface area contributed by atoms with E-state index in [-0.39, 0.29) is 15.5 Å². The molecule has 6 nitrogen and oxygen atoms in total. The second-order valence-corrected chi connectivity index (χ2v) is 7.56. The molecule has 25 heavy (non-hydrogen) atoms. The van der Waals surface area contributed by atoms with E-state index in [1.165, 1.54) is 19.2 Å². The fourth-order valence-electron chi connectivity index (χ4n) is 1.96. The van der Waals surface area contributed by atoms with E-state index >= 15 is 0 Å². The fourth-order valence-corrected chi connectivity index (χ4v) is 2.80. The van der Waals surface area contributed by atoms with E-state index in [0.717, 1.165) is 12.3 Å². The first-order valence-electron chi connectivity index (χ1n) is 7.06. The molecular weight excluding hydrogens is 368 g/mol. The Balaban J connectivity index is 2.10. The molecule has 0 spiro atoms. The third-order valence-corrected chi connectivity index (χ3v) is 4.77. The van der Waals surface area contributed by atoms with Gasteiger partial charge >= 0.3 is 5.97 Å². The number of methoxy groups -OCH3 is 1. The largest absolute Gasteiger partial charge is 0.497 e. The summed E-state index contributed by atoms with van der Waals surface area (Å²) in [5, 5.41) is 0.0364. The van der Waals surface area contributed by atoms with Crippen LogP contribution in [0.2, 0.25) is 5.02 Å².